The van der Waals surface area contributed by atoms with E-state index in [0.717, 1.165) is 22.3 Å². The SMILES string of the molecule is CCc1ccccc1N(CC(=O)N(Cc1cccc(C)c1)[C@H](CC)C(=O)NC)S(=O)(=O)c1ccc(C)cc1. The zero-order chi connectivity index (χ0) is 27.9. The molecule has 0 aliphatic carbocycles. The van der Waals surface area contributed by atoms with Crippen LogP contribution in [0.25, 0.3) is 0 Å². The molecule has 0 saturated carbocycles. The summed E-state index contributed by atoms with van der Waals surface area (Å²) >= 11 is 0. The quantitative estimate of drug-likeness (QED) is 0.388. The second-order valence-electron chi connectivity index (χ2n) is 9.36. The number of likely N-dealkylation sites (N-methyl/N-ethyl adjacent to an activating group) is 1. The van der Waals surface area contributed by atoms with Gasteiger partial charge in [-0.05, 0) is 56.0 Å². The minimum atomic E-state index is -4.08. The molecule has 2 amide bonds. The van der Waals surface area contributed by atoms with Crippen LogP contribution in [0, 0.1) is 13.8 Å². The first-order chi connectivity index (χ1) is 18.1. The van der Waals surface area contributed by atoms with Gasteiger partial charge in [0, 0.05) is 13.6 Å². The average Bonchev–Trinajstić information content (AvgIpc) is 2.91. The molecule has 0 saturated heterocycles. The van der Waals surface area contributed by atoms with E-state index in [1.165, 1.54) is 16.3 Å². The highest BCUT2D eigenvalue weighted by Gasteiger charge is 2.34. The molecule has 202 valence electrons. The van der Waals surface area contributed by atoms with Gasteiger partial charge in [0.2, 0.25) is 11.8 Å². The Morgan fingerprint density at radius 2 is 1.58 bits per heavy atom. The number of amides is 2. The number of hydrogen-bond acceptors (Lipinski definition) is 4. The zero-order valence-electron chi connectivity index (χ0n) is 22.8. The Hall–Kier alpha value is -3.65. The summed E-state index contributed by atoms with van der Waals surface area (Å²) in [5.41, 5.74) is 4.08. The maximum atomic E-state index is 14.0. The van der Waals surface area contributed by atoms with Gasteiger partial charge in [0.05, 0.1) is 10.6 Å². The Morgan fingerprint density at radius 3 is 2.18 bits per heavy atom. The van der Waals surface area contributed by atoms with E-state index in [9.17, 15) is 18.0 Å². The number of nitrogens with zero attached hydrogens (tertiary/aromatic N) is 2. The van der Waals surface area contributed by atoms with Gasteiger partial charge in [0.1, 0.15) is 12.6 Å². The molecule has 3 aromatic carbocycles. The van der Waals surface area contributed by atoms with E-state index in [-0.39, 0.29) is 17.3 Å². The molecule has 0 unspecified atom stereocenters. The molecule has 3 rings (SSSR count). The Bertz CT molecular complexity index is 1370. The van der Waals surface area contributed by atoms with Gasteiger partial charge in [-0.1, -0.05) is 79.6 Å². The van der Waals surface area contributed by atoms with Crippen LogP contribution >= 0.6 is 0 Å². The number of para-hydroxylation sites is 1. The van der Waals surface area contributed by atoms with Crippen LogP contribution in [0.2, 0.25) is 0 Å². The van der Waals surface area contributed by atoms with E-state index in [4.69, 9.17) is 0 Å². The molecule has 1 N–H and O–H groups in total. The lowest BCUT2D eigenvalue weighted by Gasteiger charge is -2.33. The van der Waals surface area contributed by atoms with Gasteiger partial charge in [0.15, 0.2) is 0 Å². The van der Waals surface area contributed by atoms with Crippen molar-refractivity contribution in [1.29, 1.82) is 0 Å². The van der Waals surface area contributed by atoms with Crippen molar-refractivity contribution in [2.75, 3.05) is 17.9 Å². The van der Waals surface area contributed by atoms with E-state index in [2.05, 4.69) is 5.32 Å². The van der Waals surface area contributed by atoms with Crippen molar-refractivity contribution in [3.05, 3.63) is 95.1 Å². The minimum Gasteiger partial charge on any atom is -0.357 e. The first-order valence-electron chi connectivity index (χ1n) is 12.9. The number of aryl methyl sites for hydroxylation is 3. The van der Waals surface area contributed by atoms with Crippen molar-refractivity contribution in [2.45, 2.75) is 58.0 Å². The fourth-order valence-corrected chi connectivity index (χ4v) is 5.95. The summed E-state index contributed by atoms with van der Waals surface area (Å²) in [5.74, 6) is -0.751. The van der Waals surface area contributed by atoms with Gasteiger partial charge in [-0.15, -0.1) is 0 Å². The van der Waals surface area contributed by atoms with Crippen LogP contribution in [0.15, 0.2) is 77.7 Å². The number of hydrogen-bond donors (Lipinski definition) is 1. The lowest BCUT2D eigenvalue weighted by Crippen LogP contribution is -2.51. The van der Waals surface area contributed by atoms with Gasteiger partial charge in [-0.2, -0.15) is 0 Å². The van der Waals surface area contributed by atoms with E-state index < -0.39 is 28.5 Å². The number of sulfonamides is 1. The number of benzene rings is 3. The summed E-state index contributed by atoms with van der Waals surface area (Å²) in [6.07, 6.45) is 0.973. The number of nitrogens with one attached hydrogen (secondary N) is 1. The molecule has 3 aromatic rings. The molecule has 1 atom stereocenters. The summed E-state index contributed by atoms with van der Waals surface area (Å²) in [6, 6.07) is 20.8. The lowest BCUT2D eigenvalue weighted by atomic mass is 10.1. The zero-order valence-corrected chi connectivity index (χ0v) is 23.6. The Morgan fingerprint density at radius 1 is 0.895 bits per heavy atom. The molecule has 0 aromatic heterocycles. The van der Waals surface area contributed by atoms with Gasteiger partial charge in [-0.3, -0.25) is 13.9 Å². The largest absolute Gasteiger partial charge is 0.357 e. The normalized spacial score (nSPS) is 12.0. The molecule has 38 heavy (non-hydrogen) atoms. The molecule has 7 nitrogen and oxygen atoms in total. The highest BCUT2D eigenvalue weighted by molar-refractivity contribution is 7.92. The topological polar surface area (TPSA) is 86.8 Å². The van der Waals surface area contributed by atoms with Gasteiger partial charge >= 0.3 is 0 Å². The predicted molar refractivity (Wildman–Crippen MR) is 151 cm³/mol. The third kappa shape index (κ3) is 6.61. The van der Waals surface area contributed by atoms with Gasteiger partial charge in [-0.25, -0.2) is 8.42 Å². The van der Waals surface area contributed by atoms with Gasteiger partial charge < -0.3 is 10.2 Å². The standard InChI is InChI=1S/C30H37N3O4S/c1-6-25-13-8-9-14-28(25)33(38(36,37)26-17-15-22(3)16-18-26)21-29(34)32(27(7-2)30(35)31-5)20-24-12-10-11-23(4)19-24/h8-19,27H,6-7,20-21H2,1-5H3,(H,31,35)/t27-/m1/s1. The highest BCUT2D eigenvalue weighted by Crippen LogP contribution is 2.28. The molecule has 0 aliphatic heterocycles. The van der Waals surface area contributed by atoms with Crippen LogP contribution in [0.4, 0.5) is 5.69 Å². The maximum absolute atomic E-state index is 14.0. The molecule has 0 fully saturated rings. The summed E-state index contributed by atoms with van der Waals surface area (Å²) in [7, 11) is -2.55. The third-order valence-electron chi connectivity index (χ3n) is 6.60. The molecule has 8 heteroatoms. The van der Waals surface area contributed by atoms with Crippen LogP contribution in [-0.2, 0) is 32.6 Å². The summed E-state index contributed by atoms with van der Waals surface area (Å²) in [6.45, 7) is 7.37. The van der Waals surface area contributed by atoms with Crippen LogP contribution in [0.5, 0.6) is 0 Å². The summed E-state index contributed by atoms with van der Waals surface area (Å²) in [5, 5.41) is 2.65. The molecule has 0 spiro atoms. The second-order valence-corrected chi connectivity index (χ2v) is 11.2. The fraction of sp³-hybridized carbons (Fsp3) is 0.333. The van der Waals surface area contributed by atoms with Crippen LogP contribution in [-0.4, -0.2) is 44.8 Å². The Balaban J connectivity index is 2.10. The van der Waals surface area contributed by atoms with Crippen molar-refractivity contribution < 1.29 is 18.0 Å². The molecular weight excluding hydrogens is 498 g/mol. The monoisotopic (exact) mass is 535 g/mol. The predicted octanol–water partition coefficient (Wildman–Crippen LogP) is 4.61. The first kappa shape index (κ1) is 28.9. The molecular formula is C30H37N3O4S. The molecule has 0 heterocycles. The van der Waals surface area contributed by atoms with Gasteiger partial charge in [0.25, 0.3) is 10.0 Å². The number of anilines is 1. The Kier molecular flexibility index (Phi) is 9.69. The number of carbonyl (C=O) groups is 2. The summed E-state index contributed by atoms with van der Waals surface area (Å²) in [4.78, 5) is 28.4. The highest BCUT2D eigenvalue weighted by atomic mass is 32.2. The number of rotatable bonds is 11. The number of carbonyl (C=O) groups excluding carboxylic acids is 2. The van der Waals surface area contributed by atoms with E-state index >= 15 is 0 Å². The van der Waals surface area contributed by atoms with Crippen molar-refractivity contribution >= 4 is 27.5 Å². The van der Waals surface area contributed by atoms with Crippen LogP contribution < -0.4 is 9.62 Å². The van der Waals surface area contributed by atoms with Crippen LogP contribution in [0.1, 0.15) is 42.5 Å². The van der Waals surface area contributed by atoms with Crippen molar-refractivity contribution in [3.63, 3.8) is 0 Å². The maximum Gasteiger partial charge on any atom is 0.264 e. The third-order valence-corrected chi connectivity index (χ3v) is 8.37. The molecule has 0 bridgehead atoms. The van der Waals surface area contributed by atoms with E-state index in [0.29, 0.717) is 18.5 Å². The van der Waals surface area contributed by atoms with E-state index in [1.54, 1.807) is 36.4 Å². The smallest absolute Gasteiger partial charge is 0.264 e. The van der Waals surface area contributed by atoms with E-state index in [1.807, 2.05) is 64.1 Å². The fourth-order valence-electron chi connectivity index (χ4n) is 4.50. The van der Waals surface area contributed by atoms with Crippen LogP contribution in [0.3, 0.4) is 0 Å². The Labute approximate surface area is 226 Å². The minimum absolute atomic E-state index is 0.102. The van der Waals surface area contributed by atoms with Crippen molar-refractivity contribution in [3.8, 4) is 0 Å². The lowest BCUT2D eigenvalue weighted by molar-refractivity contribution is -0.140. The second kappa shape index (κ2) is 12.7. The first-order valence-corrected chi connectivity index (χ1v) is 14.3. The summed E-state index contributed by atoms with van der Waals surface area (Å²) < 4.78 is 29.1. The molecule has 0 radical (unpaired) electrons. The van der Waals surface area contributed by atoms with Crippen molar-refractivity contribution in [2.24, 2.45) is 0 Å². The molecule has 0 aliphatic rings. The van der Waals surface area contributed by atoms with Crippen molar-refractivity contribution in [1.82, 2.24) is 10.2 Å². The average molecular weight is 536 g/mol.